The van der Waals surface area contributed by atoms with Gasteiger partial charge >= 0.3 is 0 Å². The molecule has 0 saturated carbocycles. The van der Waals surface area contributed by atoms with Gasteiger partial charge in [-0.1, -0.05) is 30.0 Å². The molecular weight excluding hydrogens is 448 g/mol. The van der Waals surface area contributed by atoms with Crippen LogP contribution in [0.2, 0.25) is 0 Å². The van der Waals surface area contributed by atoms with Gasteiger partial charge in [0, 0.05) is 19.2 Å². The van der Waals surface area contributed by atoms with Crippen LogP contribution in [0.4, 0.5) is 5.69 Å². The molecule has 3 aromatic rings. The molecule has 4 rings (SSSR count). The van der Waals surface area contributed by atoms with Gasteiger partial charge in [0.25, 0.3) is 11.6 Å². The molecule has 162 valence electrons. The summed E-state index contributed by atoms with van der Waals surface area (Å²) in [5, 5.41) is 23.8. The quantitative estimate of drug-likeness (QED) is 0.235. The maximum Gasteiger partial charge on any atom is 0.283 e. The maximum atomic E-state index is 12.3. The molecule has 0 radical (unpaired) electrons. The van der Waals surface area contributed by atoms with Crippen molar-refractivity contribution in [3.8, 4) is 6.07 Å². The lowest BCUT2D eigenvalue weighted by molar-refractivity contribution is -0.387. The first-order valence-corrected chi connectivity index (χ1v) is 11.5. The summed E-state index contributed by atoms with van der Waals surface area (Å²) in [5.74, 6) is -0.529. The Morgan fingerprint density at radius 2 is 2.25 bits per heavy atom. The molecule has 8 nitrogen and oxygen atoms in total. The van der Waals surface area contributed by atoms with Gasteiger partial charge < -0.3 is 10.1 Å². The Hall–Kier alpha value is -3.26. The fourth-order valence-corrected chi connectivity index (χ4v) is 5.37. The fraction of sp³-hybridized carbons (Fsp3) is 0.227. The Bertz CT molecular complexity index is 1210. The zero-order valence-corrected chi connectivity index (χ0v) is 18.4. The van der Waals surface area contributed by atoms with E-state index >= 15 is 0 Å². The number of nitrogens with zero attached hydrogens (tertiary/aromatic N) is 3. The van der Waals surface area contributed by atoms with Crippen molar-refractivity contribution in [2.75, 3.05) is 13.2 Å². The standard InChI is InChI=1S/C22H18N4O4S2/c23-12-15(21(27)24-13-16-4-3-9-30-16)10-14-7-8-20(18(11-14)26(28)29)32-22-25-17-5-1-2-6-19(17)31-22/h1-2,5-8,10-11,16H,3-4,9,13H2,(H,24,27)/b15-10+/t16-/m0/s1. The molecule has 2 aromatic carbocycles. The summed E-state index contributed by atoms with van der Waals surface area (Å²) in [5.41, 5.74) is 1.01. The number of nitriles is 1. The van der Waals surface area contributed by atoms with E-state index in [4.69, 9.17) is 4.74 Å². The Kier molecular flexibility index (Phi) is 6.80. The predicted molar refractivity (Wildman–Crippen MR) is 122 cm³/mol. The zero-order valence-electron chi connectivity index (χ0n) is 16.8. The second kappa shape index (κ2) is 9.91. The van der Waals surface area contributed by atoms with E-state index in [0.29, 0.717) is 28.0 Å². The second-order valence-corrected chi connectivity index (χ2v) is 9.37. The average molecular weight is 467 g/mol. The Balaban J connectivity index is 1.53. The Labute approximate surface area is 192 Å². The number of nitro groups is 1. The number of amides is 1. The number of carbonyl (C=O) groups excluding carboxylic acids is 1. The van der Waals surface area contributed by atoms with E-state index in [1.807, 2.05) is 30.3 Å². The summed E-state index contributed by atoms with van der Waals surface area (Å²) >= 11 is 2.68. The number of carbonyl (C=O) groups is 1. The van der Waals surface area contributed by atoms with E-state index in [1.54, 1.807) is 12.1 Å². The van der Waals surface area contributed by atoms with Gasteiger partial charge in [-0.3, -0.25) is 14.9 Å². The molecule has 32 heavy (non-hydrogen) atoms. The van der Waals surface area contributed by atoms with Crippen molar-refractivity contribution in [1.29, 1.82) is 5.26 Å². The molecule has 10 heteroatoms. The molecule has 1 aliphatic heterocycles. The normalized spacial score (nSPS) is 16.1. The van der Waals surface area contributed by atoms with Gasteiger partial charge in [0.1, 0.15) is 11.6 Å². The third kappa shape index (κ3) is 5.13. The summed E-state index contributed by atoms with van der Waals surface area (Å²) in [6.07, 6.45) is 3.13. The monoisotopic (exact) mass is 466 g/mol. The number of benzene rings is 2. The number of nitrogens with one attached hydrogen (secondary N) is 1. The lowest BCUT2D eigenvalue weighted by atomic mass is 10.1. The minimum absolute atomic E-state index is 0.0428. The summed E-state index contributed by atoms with van der Waals surface area (Å²) in [6, 6.07) is 14.1. The summed E-state index contributed by atoms with van der Waals surface area (Å²) < 4.78 is 7.16. The van der Waals surface area contributed by atoms with Crippen molar-refractivity contribution in [2.24, 2.45) is 0 Å². The van der Waals surface area contributed by atoms with Crippen molar-refractivity contribution in [1.82, 2.24) is 10.3 Å². The number of nitro benzene ring substituents is 1. The number of para-hydroxylation sites is 1. The molecule has 1 fully saturated rings. The van der Waals surface area contributed by atoms with Gasteiger partial charge in [-0.15, -0.1) is 11.3 Å². The number of fused-ring (bicyclic) bond motifs is 1. The number of ether oxygens (including phenoxy) is 1. The highest BCUT2D eigenvalue weighted by molar-refractivity contribution is 8.01. The van der Waals surface area contributed by atoms with E-state index in [-0.39, 0.29) is 17.4 Å². The largest absolute Gasteiger partial charge is 0.376 e. The first-order chi connectivity index (χ1) is 15.5. The lowest BCUT2D eigenvalue weighted by Gasteiger charge is -2.10. The van der Waals surface area contributed by atoms with Crippen LogP contribution in [0, 0.1) is 21.4 Å². The topological polar surface area (TPSA) is 118 Å². The van der Waals surface area contributed by atoms with Crippen molar-refractivity contribution >= 4 is 51.0 Å². The smallest absolute Gasteiger partial charge is 0.283 e. The van der Waals surface area contributed by atoms with Crippen LogP contribution in [0.25, 0.3) is 16.3 Å². The van der Waals surface area contributed by atoms with Gasteiger partial charge in [0.05, 0.1) is 26.1 Å². The first-order valence-electron chi connectivity index (χ1n) is 9.87. The molecule has 1 aromatic heterocycles. The predicted octanol–water partition coefficient (Wildman–Crippen LogP) is 4.56. The van der Waals surface area contributed by atoms with Gasteiger partial charge in [-0.05, 0) is 42.7 Å². The Morgan fingerprint density at radius 1 is 1.41 bits per heavy atom. The highest BCUT2D eigenvalue weighted by atomic mass is 32.2. The van der Waals surface area contributed by atoms with E-state index < -0.39 is 10.8 Å². The molecule has 1 atom stereocenters. The van der Waals surface area contributed by atoms with Crippen LogP contribution in [0.1, 0.15) is 18.4 Å². The van der Waals surface area contributed by atoms with Crippen LogP contribution >= 0.6 is 23.1 Å². The van der Waals surface area contributed by atoms with Crippen LogP contribution in [-0.2, 0) is 9.53 Å². The summed E-state index contributed by atoms with van der Waals surface area (Å²) in [4.78, 5) is 28.5. The van der Waals surface area contributed by atoms with Gasteiger partial charge in [0.15, 0.2) is 4.34 Å². The molecular formula is C22H18N4O4S2. The van der Waals surface area contributed by atoms with E-state index in [2.05, 4.69) is 10.3 Å². The molecule has 2 heterocycles. The molecule has 0 bridgehead atoms. The van der Waals surface area contributed by atoms with Gasteiger partial charge in [-0.2, -0.15) is 5.26 Å². The number of aromatic nitrogens is 1. The Morgan fingerprint density at radius 3 is 2.97 bits per heavy atom. The van der Waals surface area contributed by atoms with E-state index in [1.165, 1.54) is 35.2 Å². The third-order valence-electron chi connectivity index (χ3n) is 4.84. The zero-order chi connectivity index (χ0) is 22.5. The van der Waals surface area contributed by atoms with Crippen LogP contribution in [-0.4, -0.2) is 35.1 Å². The van der Waals surface area contributed by atoms with Crippen molar-refractivity contribution in [3.05, 3.63) is 63.7 Å². The molecule has 1 saturated heterocycles. The molecule has 0 unspecified atom stereocenters. The van der Waals surface area contributed by atoms with Crippen molar-refractivity contribution in [3.63, 3.8) is 0 Å². The van der Waals surface area contributed by atoms with Crippen LogP contribution in [0.3, 0.4) is 0 Å². The highest BCUT2D eigenvalue weighted by Gasteiger charge is 2.20. The lowest BCUT2D eigenvalue weighted by Crippen LogP contribution is -2.32. The third-order valence-corrected chi connectivity index (χ3v) is 7.00. The fourth-order valence-electron chi connectivity index (χ4n) is 3.26. The van der Waals surface area contributed by atoms with Crippen molar-refractivity contribution < 1.29 is 14.5 Å². The van der Waals surface area contributed by atoms with Crippen LogP contribution < -0.4 is 5.32 Å². The summed E-state index contributed by atoms with van der Waals surface area (Å²) in [7, 11) is 0. The molecule has 1 aliphatic rings. The van der Waals surface area contributed by atoms with E-state index in [9.17, 15) is 20.2 Å². The van der Waals surface area contributed by atoms with Crippen molar-refractivity contribution in [2.45, 2.75) is 28.2 Å². The van der Waals surface area contributed by atoms with Gasteiger partial charge in [-0.25, -0.2) is 4.98 Å². The maximum absolute atomic E-state index is 12.3. The molecule has 1 N–H and O–H groups in total. The first kappa shape index (κ1) is 22.0. The number of thiazole rings is 1. The minimum atomic E-state index is -0.529. The van der Waals surface area contributed by atoms with Crippen LogP contribution in [0.15, 0.2) is 57.3 Å². The molecule has 0 aliphatic carbocycles. The number of rotatable bonds is 7. The van der Waals surface area contributed by atoms with E-state index in [0.717, 1.165) is 23.1 Å². The average Bonchev–Trinajstić information content (AvgIpc) is 3.45. The molecule has 1 amide bonds. The number of hydrogen-bond acceptors (Lipinski definition) is 8. The SMILES string of the molecule is N#C/C(=C\c1ccc(Sc2nc3ccccc3s2)c([N+](=O)[O-])c1)C(=O)NC[C@@H]1CCCO1. The van der Waals surface area contributed by atoms with Gasteiger partial charge in [0.2, 0.25) is 0 Å². The number of hydrogen-bond donors (Lipinski definition) is 1. The molecule has 0 spiro atoms. The van der Waals surface area contributed by atoms with Crippen LogP contribution in [0.5, 0.6) is 0 Å². The minimum Gasteiger partial charge on any atom is -0.376 e. The summed E-state index contributed by atoms with van der Waals surface area (Å²) in [6.45, 7) is 1.00. The highest BCUT2D eigenvalue weighted by Crippen LogP contribution is 2.39. The second-order valence-electron chi connectivity index (χ2n) is 7.05.